The molecule has 0 aliphatic carbocycles. The zero-order chi connectivity index (χ0) is 11.4. The molecule has 0 aliphatic heterocycles. The fraction of sp³-hybridized carbons (Fsp3) is 0.250. The molecule has 0 spiro atoms. The van der Waals surface area contributed by atoms with Crippen molar-refractivity contribution < 1.29 is 4.39 Å². The van der Waals surface area contributed by atoms with Crippen LogP contribution in [0, 0.1) is 24.1 Å². The van der Waals surface area contributed by atoms with Gasteiger partial charge < -0.3 is 0 Å². The maximum Gasteiger partial charge on any atom is 0.123 e. The quantitative estimate of drug-likeness (QED) is 0.695. The van der Waals surface area contributed by atoms with Gasteiger partial charge in [0.05, 0.1) is 11.1 Å². The molecular formula is C12H11ClFN. The third-order valence-corrected chi connectivity index (χ3v) is 2.62. The average Bonchev–Trinajstić information content (AvgIpc) is 2.23. The molecule has 3 heteroatoms. The molecule has 0 bridgehead atoms. The Morgan fingerprint density at radius 1 is 1.53 bits per heavy atom. The first-order valence-corrected chi connectivity index (χ1v) is 5.03. The van der Waals surface area contributed by atoms with Gasteiger partial charge >= 0.3 is 0 Å². The number of rotatable bonds is 2. The second-order valence-corrected chi connectivity index (χ2v) is 3.60. The van der Waals surface area contributed by atoms with Crippen molar-refractivity contribution in [3.8, 4) is 6.07 Å². The largest absolute Gasteiger partial charge is 0.207 e. The number of nitrogens with zero attached hydrogens (tertiary/aromatic N) is 1. The van der Waals surface area contributed by atoms with Crippen LogP contribution in [0.4, 0.5) is 4.39 Å². The highest BCUT2D eigenvalue weighted by Gasteiger charge is 2.08. The summed E-state index contributed by atoms with van der Waals surface area (Å²) >= 11 is 6.04. The predicted octanol–water partition coefficient (Wildman–Crippen LogP) is 4.02. The second kappa shape index (κ2) is 4.95. The van der Waals surface area contributed by atoms with E-state index < -0.39 is 0 Å². The molecule has 0 aromatic heterocycles. The van der Waals surface area contributed by atoms with Gasteiger partial charge in [-0.3, -0.25) is 0 Å². The molecule has 0 unspecified atom stereocenters. The number of aryl methyl sites for hydroxylation is 1. The molecule has 78 valence electrons. The van der Waals surface area contributed by atoms with Crippen LogP contribution in [0.1, 0.15) is 24.5 Å². The summed E-state index contributed by atoms with van der Waals surface area (Å²) in [6.45, 7) is 3.68. The van der Waals surface area contributed by atoms with E-state index in [1.807, 2.05) is 19.9 Å². The summed E-state index contributed by atoms with van der Waals surface area (Å²) in [4.78, 5) is 0. The molecular weight excluding hydrogens is 213 g/mol. The summed E-state index contributed by atoms with van der Waals surface area (Å²) in [5, 5.41) is 9.18. The molecule has 0 fully saturated rings. The van der Waals surface area contributed by atoms with E-state index in [1.165, 1.54) is 12.1 Å². The lowest BCUT2D eigenvalue weighted by Crippen LogP contribution is -1.89. The molecule has 0 amide bonds. The molecule has 1 aromatic carbocycles. The van der Waals surface area contributed by atoms with Crippen LogP contribution < -0.4 is 0 Å². The Morgan fingerprint density at radius 3 is 2.73 bits per heavy atom. The second-order valence-electron chi connectivity index (χ2n) is 3.22. The monoisotopic (exact) mass is 223 g/mol. The van der Waals surface area contributed by atoms with Crippen molar-refractivity contribution in [2.24, 2.45) is 0 Å². The average molecular weight is 224 g/mol. The minimum atomic E-state index is -0.345. The molecule has 0 aliphatic rings. The van der Waals surface area contributed by atoms with Gasteiger partial charge in [-0.05, 0) is 36.6 Å². The Bertz CT molecular complexity index is 443. The highest BCUT2D eigenvalue weighted by molar-refractivity contribution is 6.49. The zero-order valence-corrected chi connectivity index (χ0v) is 9.40. The molecule has 0 saturated carbocycles. The van der Waals surface area contributed by atoms with E-state index in [4.69, 9.17) is 16.9 Å². The van der Waals surface area contributed by atoms with Crippen molar-refractivity contribution in [3.05, 3.63) is 40.7 Å². The number of allylic oxidation sites excluding steroid dienone is 1. The Balaban J connectivity index is 3.34. The molecule has 0 radical (unpaired) electrons. The van der Waals surface area contributed by atoms with Gasteiger partial charge in [0.2, 0.25) is 0 Å². The molecule has 0 heterocycles. The minimum absolute atomic E-state index is 0.344. The van der Waals surface area contributed by atoms with Crippen LogP contribution in [-0.2, 0) is 0 Å². The van der Waals surface area contributed by atoms with Gasteiger partial charge in [-0.25, -0.2) is 4.39 Å². The van der Waals surface area contributed by atoms with Crippen LogP contribution >= 0.6 is 11.6 Å². The van der Waals surface area contributed by atoms with Gasteiger partial charge in [-0.15, -0.1) is 0 Å². The van der Waals surface area contributed by atoms with Crippen LogP contribution in [0.5, 0.6) is 0 Å². The highest BCUT2D eigenvalue weighted by atomic mass is 35.5. The van der Waals surface area contributed by atoms with Crippen molar-refractivity contribution in [1.29, 1.82) is 5.26 Å². The van der Waals surface area contributed by atoms with Crippen molar-refractivity contribution in [2.45, 2.75) is 20.3 Å². The third-order valence-electron chi connectivity index (χ3n) is 2.19. The van der Waals surface area contributed by atoms with Crippen LogP contribution in [0.3, 0.4) is 0 Å². The molecule has 1 aromatic rings. The first-order chi connectivity index (χ1) is 7.10. The normalized spacial score (nSPS) is 11.9. The number of nitriles is 1. The number of hydrogen-bond donors (Lipinski definition) is 0. The predicted molar refractivity (Wildman–Crippen MR) is 59.8 cm³/mol. The first-order valence-electron chi connectivity index (χ1n) is 4.65. The maximum absolute atomic E-state index is 13.0. The first kappa shape index (κ1) is 11.7. The number of halogens is 2. The lowest BCUT2D eigenvalue weighted by Gasteiger charge is -2.06. The Hall–Kier alpha value is -1.33. The SMILES string of the molecule is CCC(C#N)=C(Cl)c1cc(F)ccc1C. The molecule has 0 N–H and O–H groups in total. The maximum atomic E-state index is 13.0. The molecule has 15 heavy (non-hydrogen) atoms. The van der Waals surface area contributed by atoms with Crippen molar-refractivity contribution >= 4 is 16.6 Å². The summed E-state index contributed by atoms with van der Waals surface area (Å²) in [6.07, 6.45) is 0.547. The van der Waals surface area contributed by atoms with E-state index >= 15 is 0 Å². The topological polar surface area (TPSA) is 23.8 Å². The van der Waals surface area contributed by atoms with Crippen molar-refractivity contribution in [2.75, 3.05) is 0 Å². The standard InChI is InChI=1S/C12H11ClFN/c1-3-9(7-15)12(13)11-6-10(14)5-4-8(11)2/h4-6H,3H2,1-2H3. The summed E-state index contributed by atoms with van der Waals surface area (Å²) in [5.74, 6) is -0.345. The molecule has 0 saturated heterocycles. The van der Waals surface area contributed by atoms with E-state index in [0.29, 0.717) is 22.6 Å². The van der Waals surface area contributed by atoms with Gasteiger partial charge in [0, 0.05) is 5.57 Å². The van der Waals surface area contributed by atoms with Gasteiger partial charge in [0.15, 0.2) is 0 Å². The van der Waals surface area contributed by atoms with E-state index in [-0.39, 0.29) is 5.82 Å². The van der Waals surface area contributed by atoms with Crippen LogP contribution in [0.15, 0.2) is 23.8 Å². The van der Waals surface area contributed by atoms with Gasteiger partial charge in [0.25, 0.3) is 0 Å². The minimum Gasteiger partial charge on any atom is -0.207 e. The van der Waals surface area contributed by atoms with Gasteiger partial charge in [0.1, 0.15) is 5.82 Å². The van der Waals surface area contributed by atoms with Crippen LogP contribution in [0.25, 0.3) is 5.03 Å². The highest BCUT2D eigenvalue weighted by Crippen LogP contribution is 2.27. The molecule has 0 atom stereocenters. The van der Waals surface area contributed by atoms with E-state index in [1.54, 1.807) is 6.07 Å². The fourth-order valence-corrected chi connectivity index (χ4v) is 1.66. The smallest absolute Gasteiger partial charge is 0.123 e. The van der Waals surface area contributed by atoms with Gasteiger partial charge in [-0.2, -0.15) is 5.26 Å². The van der Waals surface area contributed by atoms with Gasteiger partial charge in [-0.1, -0.05) is 24.6 Å². The summed E-state index contributed by atoms with van der Waals surface area (Å²) < 4.78 is 13.0. The fourth-order valence-electron chi connectivity index (χ4n) is 1.28. The molecule has 1 rings (SSSR count). The number of benzene rings is 1. The van der Waals surface area contributed by atoms with Crippen LogP contribution in [0.2, 0.25) is 0 Å². The lowest BCUT2D eigenvalue weighted by atomic mass is 10.0. The summed E-state index contributed by atoms with van der Waals surface area (Å²) in [7, 11) is 0. The van der Waals surface area contributed by atoms with E-state index in [2.05, 4.69) is 0 Å². The van der Waals surface area contributed by atoms with Crippen molar-refractivity contribution in [3.63, 3.8) is 0 Å². The Kier molecular flexibility index (Phi) is 3.88. The number of hydrogen-bond acceptors (Lipinski definition) is 1. The summed E-state index contributed by atoms with van der Waals surface area (Å²) in [6, 6.07) is 6.40. The third kappa shape index (κ3) is 2.57. The Labute approximate surface area is 93.8 Å². The zero-order valence-electron chi connectivity index (χ0n) is 8.64. The van der Waals surface area contributed by atoms with Crippen LogP contribution in [-0.4, -0.2) is 0 Å². The van der Waals surface area contributed by atoms with Crippen molar-refractivity contribution in [1.82, 2.24) is 0 Å². The molecule has 1 nitrogen and oxygen atoms in total. The van der Waals surface area contributed by atoms with E-state index in [0.717, 1.165) is 5.56 Å². The summed E-state index contributed by atoms with van der Waals surface area (Å²) in [5.41, 5.74) is 1.93. The Morgan fingerprint density at radius 2 is 2.20 bits per heavy atom. The van der Waals surface area contributed by atoms with E-state index in [9.17, 15) is 4.39 Å². The lowest BCUT2D eigenvalue weighted by molar-refractivity contribution is 0.627.